The molecule has 134 heavy (non-hydrogen) atoms. The lowest BCUT2D eigenvalue weighted by Crippen LogP contribution is -2.71. The summed E-state index contributed by atoms with van der Waals surface area (Å²) in [6.07, 6.45) is -110. The van der Waals surface area contributed by atoms with E-state index in [0.717, 1.165) is 27.7 Å². The molecule has 0 bridgehead atoms. The summed E-state index contributed by atoms with van der Waals surface area (Å²) in [5.74, 6) is -5.80. The molecule has 11 fully saturated rings. The lowest BCUT2D eigenvalue weighted by atomic mass is 9.93. The van der Waals surface area contributed by atoms with E-state index in [9.17, 15) is 177 Å². The lowest BCUT2D eigenvalue weighted by molar-refractivity contribution is -0.400. The molecule has 0 saturated carbocycles. The van der Waals surface area contributed by atoms with Crippen molar-refractivity contribution in [2.24, 2.45) is 0 Å². The average molecular weight is 1960 g/mol. The molecule has 0 radical (unpaired) electrons. The number of carbonyl (C=O) groups is 5. The Bertz CT molecular complexity index is 3720. The molecule has 0 aromatic heterocycles. The molecule has 774 valence electrons. The van der Waals surface area contributed by atoms with Gasteiger partial charge in [0.2, 0.25) is 23.6 Å². The van der Waals surface area contributed by atoms with E-state index < -0.39 is 427 Å². The monoisotopic (exact) mass is 1960 g/mol. The maximum atomic E-state index is 13.3. The van der Waals surface area contributed by atoms with E-state index in [2.05, 4.69) is 21.3 Å². The number of carboxylic acid groups (broad SMARTS) is 1. The van der Waals surface area contributed by atoms with E-state index in [1.54, 1.807) is 0 Å². The van der Waals surface area contributed by atoms with Crippen molar-refractivity contribution in [2.45, 2.75) is 372 Å². The standard InChI is InChI=1S/C74H122N4O56/c1-15-33(90)43(100)49(106)68(116-15)114-14-28-57(39(96)29(64(113)117-28)75-16(2)86)126-65-30(76-17(3)87)40(97)56(25(11-84)122-65)129-72-53(110)59(38(95)27(125-72)13-115-73-61(46(103)35(92)21(7-80)120-73)133-66-31(77-18(4)88)41(98)54(24(10-83)123-66)127-69-50(107)44(101)34(91)20(6-79)118-69)131-74-62(47(104)36(93)22(8-81)121-74)134-67-32(78-19(5)89)42(99)55(26(12-85)124-67)128-71-52(109)58(37(94)23(9-82)119-71)130-70-51(108)45(102)48(105)60(132-70)63(111)112/h15,20-62,64-74,79-85,90-110,113H,6-14H2,1-5H3,(H,75,86)(H,76,87)(H,77,88)(H,78,89)(H,111,112)/t15-,20+,21+,22+,23+,24+,25+,26+,27+,28+,29+,30+,31+,32-,33+,34-,35+,36+,37-,38+,39+,40+,41+,42+,43+,44-,45-,46-,47-,48-,49-,50+,51+,52+,53-,54+,55+,56+,57+,58-,59-,60-,61-,62-,64+,65-,66-,67-,68+,69-,70+,71-,72-,73-,74+/m0/s1. The van der Waals surface area contributed by atoms with Crippen LogP contribution in [0, 0.1) is 0 Å². The first-order valence-electron chi connectivity index (χ1n) is 42.5. The Morgan fingerprint density at radius 1 is 0.231 bits per heavy atom. The van der Waals surface area contributed by atoms with Crippen LogP contribution in [0.4, 0.5) is 0 Å². The number of rotatable bonds is 34. The van der Waals surface area contributed by atoms with Crippen LogP contribution in [0.2, 0.25) is 0 Å². The van der Waals surface area contributed by atoms with Gasteiger partial charge in [0.25, 0.3) is 0 Å². The van der Waals surface area contributed by atoms with Gasteiger partial charge in [0.1, 0.15) is 256 Å². The maximum absolute atomic E-state index is 13.3. The summed E-state index contributed by atoms with van der Waals surface area (Å²) in [6.45, 7) is -5.52. The molecule has 4 amide bonds. The largest absolute Gasteiger partial charge is 0.479 e. The minimum absolute atomic E-state index is 0.865. The molecular formula is C74H122N4O56. The molecule has 0 spiro atoms. The molecule has 11 aliphatic heterocycles. The van der Waals surface area contributed by atoms with Crippen LogP contribution in [0.5, 0.6) is 0 Å². The number of carboxylic acids is 1. The van der Waals surface area contributed by atoms with E-state index in [0.29, 0.717) is 0 Å². The number of aliphatic hydroxyl groups is 29. The second kappa shape index (κ2) is 47.5. The van der Waals surface area contributed by atoms with Gasteiger partial charge in [-0.15, -0.1) is 0 Å². The number of nitrogens with one attached hydrogen (secondary N) is 4. The average Bonchev–Trinajstić information content (AvgIpc) is 0.773. The molecular weight excluding hydrogens is 1840 g/mol. The number of hydrogen-bond acceptors (Lipinski definition) is 55. The van der Waals surface area contributed by atoms with Crippen LogP contribution >= 0.6 is 0 Å². The van der Waals surface area contributed by atoms with E-state index in [-0.39, 0.29) is 0 Å². The van der Waals surface area contributed by atoms with Crippen molar-refractivity contribution in [3.63, 3.8) is 0 Å². The van der Waals surface area contributed by atoms with Crippen molar-refractivity contribution in [3.05, 3.63) is 0 Å². The molecule has 0 aliphatic carbocycles. The predicted octanol–water partition coefficient (Wildman–Crippen LogP) is -23.3. The van der Waals surface area contributed by atoms with E-state index in [1.807, 2.05) is 0 Å². The second-order valence-electron chi connectivity index (χ2n) is 33.8. The van der Waals surface area contributed by atoms with Gasteiger partial charge in [-0.25, -0.2) is 4.79 Å². The zero-order valence-electron chi connectivity index (χ0n) is 71.6. The van der Waals surface area contributed by atoms with Crippen molar-refractivity contribution in [3.8, 4) is 0 Å². The van der Waals surface area contributed by atoms with Gasteiger partial charge < -0.3 is 274 Å². The summed E-state index contributed by atoms with van der Waals surface area (Å²) < 4.78 is 124. The van der Waals surface area contributed by atoms with Gasteiger partial charge in [-0.3, -0.25) is 19.2 Å². The molecule has 0 aromatic rings. The fourth-order valence-electron chi connectivity index (χ4n) is 17.2. The molecule has 60 heteroatoms. The van der Waals surface area contributed by atoms with Crippen LogP contribution in [0.3, 0.4) is 0 Å². The molecule has 11 aliphatic rings. The minimum atomic E-state index is -2.69. The zero-order chi connectivity index (χ0) is 98.7. The Labute approximate surface area is 757 Å². The number of amides is 4. The smallest absolute Gasteiger partial charge is 0.335 e. The Morgan fingerprint density at radius 2 is 0.507 bits per heavy atom. The van der Waals surface area contributed by atoms with Crippen molar-refractivity contribution in [2.75, 3.05) is 59.5 Å². The number of carbonyl (C=O) groups excluding carboxylic acids is 4. The van der Waals surface area contributed by atoms with Gasteiger partial charge >= 0.3 is 5.97 Å². The summed E-state index contributed by atoms with van der Waals surface area (Å²) in [4.78, 5) is 64.0. The van der Waals surface area contributed by atoms with Gasteiger partial charge in [-0.2, -0.15) is 0 Å². The van der Waals surface area contributed by atoms with Crippen LogP contribution in [-0.4, -0.2) is 580 Å². The van der Waals surface area contributed by atoms with E-state index >= 15 is 0 Å². The highest BCUT2D eigenvalue weighted by atomic mass is 16.8. The molecule has 55 atom stereocenters. The Balaban J connectivity index is 0.916. The summed E-state index contributed by atoms with van der Waals surface area (Å²) in [5.41, 5.74) is 0. The van der Waals surface area contributed by atoms with Crippen molar-refractivity contribution >= 4 is 29.6 Å². The van der Waals surface area contributed by atoms with Crippen LogP contribution in [0.25, 0.3) is 0 Å². The lowest BCUT2D eigenvalue weighted by Gasteiger charge is -2.51. The highest BCUT2D eigenvalue weighted by molar-refractivity contribution is 5.75. The molecule has 0 aromatic carbocycles. The number of ether oxygens (including phenoxy) is 21. The number of aliphatic hydroxyl groups excluding tert-OH is 29. The summed E-state index contributed by atoms with van der Waals surface area (Å²) in [7, 11) is 0. The molecule has 0 unspecified atom stereocenters. The van der Waals surface area contributed by atoms with Crippen molar-refractivity contribution in [1.82, 2.24) is 21.3 Å². The first-order valence-corrected chi connectivity index (χ1v) is 42.5. The van der Waals surface area contributed by atoms with Gasteiger partial charge in [0, 0.05) is 27.7 Å². The first kappa shape index (κ1) is 110. The van der Waals surface area contributed by atoms with Crippen molar-refractivity contribution < 1.29 is 277 Å². The quantitative estimate of drug-likeness (QED) is 0.0284. The fourth-order valence-corrected chi connectivity index (χ4v) is 17.2. The highest BCUT2D eigenvalue weighted by Gasteiger charge is 2.63. The molecule has 11 saturated heterocycles. The molecule has 11 rings (SSSR count). The third kappa shape index (κ3) is 24.0. The van der Waals surface area contributed by atoms with Crippen LogP contribution in [0.1, 0.15) is 34.6 Å². The topological polar surface area (TPSA) is 934 Å². The van der Waals surface area contributed by atoms with Crippen LogP contribution < -0.4 is 21.3 Å². The molecule has 11 heterocycles. The number of hydrogen-bond donors (Lipinski definition) is 34. The van der Waals surface area contributed by atoms with Gasteiger partial charge in [0.15, 0.2) is 75.3 Å². The number of aliphatic carboxylic acids is 1. The fraction of sp³-hybridized carbons (Fsp3) is 0.932. The van der Waals surface area contributed by atoms with E-state index in [1.165, 1.54) is 6.92 Å². The second-order valence-corrected chi connectivity index (χ2v) is 33.8. The van der Waals surface area contributed by atoms with Gasteiger partial charge in [0.05, 0.1) is 65.6 Å². The Hall–Kier alpha value is -4.65. The van der Waals surface area contributed by atoms with Crippen LogP contribution in [-0.2, 0) is 123 Å². The highest BCUT2D eigenvalue weighted by Crippen LogP contribution is 2.42. The SMILES string of the molecule is CC(=O)N[C@@H]1[C@H](O[C@@H]2[C@@H](O[C@@H]3[C@H](O)[C@H](O[C@H]4[C@H](O)[C@@H](NC(C)=O)[C@H](O[C@H]5[C@H](O)[C@@H](NC(C)=O)[C@H](O)O[C@@H]5CO[C@@H]5O[C@@H](C)[C@@H](O)[C@@H](O)[C@@H]5O)O[C@@H]4CO)O[C@H](CO[C@H]4O[C@H](CO)[C@@H](O)[C@H](O)[C@@H]4O[C@@H]4O[C@H](CO)[C@@H](O[C@@H]5O[C@H](CO)[C@H](O)[C@H](O)[C@H]5O)[C@H](O)[C@H]4NC(C)=O)[C@H]3O)O[C@H](CO)[C@@H](O)[C@@H]2O)O[C@H](CO)[C@@H](O[C@@H]2O[C@H](CO)[C@H](O)[C@H](O[C@@H]3O[C@H](C(=O)O)[C@@H](O)[C@H](O)[C@H]3O)[C@H]2O)[C@@H]1O. The summed E-state index contributed by atoms with van der Waals surface area (Å²) in [6, 6.07) is -7.93. The van der Waals surface area contributed by atoms with Gasteiger partial charge in [-0.05, 0) is 6.92 Å². The van der Waals surface area contributed by atoms with Gasteiger partial charge in [-0.1, -0.05) is 0 Å². The zero-order valence-corrected chi connectivity index (χ0v) is 71.6. The van der Waals surface area contributed by atoms with E-state index in [4.69, 9.17) is 99.5 Å². The predicted molar refractivity (Wildman–Crippen MR) is 408 cm³/mol. The van der Waals surface area contributed by atoms with Crippen LogP contribution in [0.15, 0.2) is 0 Å². The van der Waals surface area contributed by atoms with Crippen molar-refractivity contribution in [1.29, 1.82) is 0 Å². The summed E-state index contributed by atoms with van der Waals surface area (Å²) >= 11 is 0. The normalized spacial score (nSPS) is 49.8. The first-order chi connectivity index (χ1) is 63.3. The molecule has 60 nitrogen and oxygen atoms in total. The Morgan fingerprint density at radius 3 is 0.925 bits per heavy atom. The Kier molecular flexibility index (Phi) is 38.9. The maximum Gasteiger partial charge on any atom is 0.335 e. The molecule has 34 N–H and O–H groups in total. The third-order valence-corrected chi connectivity index (χ3v) is 24.5. The summed E-state index contributed by atoms with van der Waals surface area (Å²) in [5, 5.41) is 345. The minimum Gasteiger partial charge on any atom is -0.479 e. The third-order valence-electron chi connectivity index (χ3n) is 24.5.